The summed E-state index contributed by atoms with van der Waals surface area (Å²) in [6, 6.07) is 1.85. The number of hydrogen-bond donors (Lipinski definition) is 1. The van der Waals surface area contributed by atoms with Crippen molar-refractivity contribution in [3.8, 4) is 11.4 Å². The quantitative estimate of drug-likeness (QED) is 0.698. The van der Waals surface area contributed by atoms with E-state index in [0.717, 1.165) is 17.9 Å². The number of anilines is 2. The molecule has 3 aromatic heterocycles. The molecule has 3 heterocycles. The van der Waals surface area contributed by atoms with Crippen molar-refractivity contribution in [2.45, 2.75) is 13.5 Å². The maximum Gasteiger partial charge on any atom is 0.247 e. The van der Waals surface area contributed by atoms with Crippen LogP contribution >= 0.6 is 0 Å². The van der Waals surface area contributed by atoms with E-state index in [-0.39, 0.29) is 12.5 Å². The van der Waals surface area contributed by atoms with Gasteiger partial charge in [-0.25, -0.2) is 9.97 Å². The second kappa shape index (κ2) is 7.07. The molecule has 0 atom stereocenters. The molecule has 0 aliphatic rings. The van der Waals surface area contributed by atoms with Gasteiger partial charge in [0, 0.05) is 33.0 Å². The highest BCUT2D eigenvalue weighted by Gasteiger charge is 2.10. The molecule has 0 aliphatic heterocycles. The van der Waals surface area contributed by atoms with Crippen LogP contribution in [0.1, 0.15) is 6.92 Å². The van der Waals surface area contributed by atoms with Crippen LogP contribution in [0.4, 0.5) is 11.6 Å². The average molecular weight is 341 g/mol. The molecule has 0 spiro atoms. The van der Waals surface area contributed by atoms with Crippen molar-refractivity contribution in [1.29, 1.82) is 0 Å². The minimum Gasteiger partial charge on any atom is -0.360 e. The minimum absolute atomic E-state index is 0.0606. The van der Waals surface area contributed by atoms with Crippen LogP contribution in [-0.4, -0.2) is 54.2 Å². The van der Waals surface area contributed by atoms with Gasteiger partial charge in [-0.2, -0.15) is 15.0 Å². The Hall–Kier alpha value is -3.30. The zero-order valence-corrected chi connectivity index (χ0v) is 14.3. The molecule has 0 unspecified atom stereocenters. The largest absolute Gasteiger partial charge is 0.360 e. The second-order valence-electron chi connectivity index (χ2n) is 5.45. The van der Waals surface area contributed by atoms with Crippen LogP contribution in [0.15, 0.2) is 30.9 Å². The molecule has 0 aliphatic carbocycles. The van der Waals surface area contributed by atoms with Gasteiger partial charge in [-0.05, 0) is 13.0 Å². The first-order valence-corrected chi connectivity index (χ1v) is 7.78. The van der Waals surface area contributed by atoms with Crippen LogP contribution in [0.2, 0.25) is 0 Å². The maximum atomic E-state index is 12.0. The third-order valence-electron chi connectivity index (χ3n) is 3.57. The van der Waals surface area contributed by atoms with Crippen LogP contribution in [0.5, 0.6) is 0 Å². The van der Waals surface area contributed by atoms with Gasteiger partial charge in [0.1, 0.15) is 12.4 Å². The molecule has 0 fully saturated rings. The predicted octanol–water partition coefficient (Wildman–Crippen LogP) is 0.563. The SMILES string of the molecule is CCN(C)c1ccnc(-c2cnn(CC(=O)Nc3cnn(C)n3)c2)n1. The summed E-state index contributed by atoms with van der Waals surface area (Å²) < 4.78 is 1.53. The first-order valence-electron chi connectivity index (χ1n) is 7.78. The molecule has 0 aromatic carbocycles. The van der Waals surface area contributed by atoms with Crippen molar-refractivity contribution >= 4 is 17.5 Å². The van der Waals surface area contributed by atoms with Crippen LogP contribution < -0.4 is 10.2 Å². The van der Waals surface area contributed by atoms with Crippen molar-refractivity contribution in [1.82, 2.24) is 34.7 Å². The summed E-state index contributed by atoms with van der Waals surface area (Å²) in [5, 5.41) is 14.8. The van der Waals surface area contributed by atoms with E-state index in [1.165, 1.54) is 15.7 Å². The fraction of sp³-hybridized carbons (Fsp3) is 0.333. The van der Waals surface area contributed by atoms with Gasteiger partial charge in [-0.15, -0.1) is 5.10 Å². The van der Waals surface area contributed by atoms with Gasteiger partial charge in [-0.1, -0.05) is 0 Å². The molecule has 130 valence electrons. The summed E-state index contributed by atoms with van der Waals surface area (Å²) in [5.74, 6) is 1.56. The first kappa shape index (κ1) is 16.6. The second-order valence-corrected chi connectivity index (χ2v) is 5.45. The highest BCUT2D eigenvalue weighted by molar-refractivity contribution is 5.89. The predicted molar refractivity (Wildman–Crippen MR) is 91.8 cm³/mol. The number of aryl methyl sites for hydroxylation is 1. The monoisotopic (exact) mass is 341 g/mol. The molecule has 0 bridgehead atoms. The van der Waals surface area contributed by atoms with Crippen molar-refractivity contribution in [3.63, 3.8) is 0 Å². The number of rotatable bonds is 6. The highest BCUT2D eigenvalue weighted by atomic mass is 16.2. The lowest BCUT2D eigenvalue weighted by Crippen LogP contribution is -2.19. The molecular formula is C15H19N9O. The molecule has 1 amide bonds. The fourth-order valence-corrected chi connectivity index (χ4v) is 2.16. The van der Waals surface area contributed by atoms with Crippen LogP contribution in [0.3, 0.4) is 0 Å². The minimum atomic E-state index is -0.240. The Kier molecular flexibility index (Phi) is 4.68. The van der Waals surface area contributed by atoms with Gasteiger partial charge >= 0.3 is 0 Å². The van der Waals surface area contributed by atoms with Crippen molar-refractivity contribution in [3.05, 3.63) is 30.9 Å². The Morgan fingerprint density at radius 3 is 2.88 bits per heavy atom. The molecule has 10 nitrogen and oxygen atoms in total. The lowest BCUT2D eigenvalue weighted by atomic mass is 10.3. The summed E-state index contributed by atoms with van der Waals surface area (Å²) in [5.41, 5.74) is 0.749. The molecular weight excluding hydrogens is 322 g/mol. The standard InChI is InChI=1S/C15H19N9O/c1-4-22(2)13-5-6-16-15(20-13)11-7-18-24(9-11)10-14(25)19-12-8-17-23(3)21-12/h5-9H,4,10H2,1-3H3,(H,19,21,25). The number of aromatic nitrogens is 7. The molecule has 3 rings (SSSR count). The highest BCUT2D eigenvalue weighted by Crippen LogP contribution is 2.17. The fourth-order valence-electron chi connectivity index (χ4n) is 2.16. The number of carbonyl (C=O) groups excluding carboxylic acids is 1. The molecule has 3 aromatic rings. The van der Waals surface area contributed by atoms with Crippen LogP contribution in [-0.2, 0) is 18.4 Å². The smallest absolute Gasteiger partial charge is 0.247 e. The van der Waals surface area contributed by atoms with Gasteiger partial charge in [0.05, 0.1) is 18.0 Å². The Morgan fingerprint density at radius 1 is 1.32 bits per heavy atom. The number of carbonyl (C=O) groups is 1. The average Bonchev–Trinajstić information content (AvgIpc) is 3.23. The van der Waals surface area contributed by atoms with Gasteiger partial charge in [0.15, 0.2) is 11.6 Å². The van der Waals surface area contributed by atoms with E-state index in [1.54, 1.807) is 25.6 Å². The van der Waals surface area contributed by atoms with Crippen molar-refractivity contribution in [2.24, 2.45) is 7.05 Å². The Balaban J connectivity index is 1.69. The van der Waals surface area contributed by atoms with E-state index >= 15 is 0 Å². The number of hydrogen-bond acceptors (Lipinski definition) is 7. The molecule has 0 radical (unpaired) electrons. The van der Waals surface area contributed by atoms with Gasteiger partial charge < -0.3 is 10.2 Å². The normalized spacial score (nSPS) is 10.7. The van der Waals surface area contributed by atoms with E-state index < -0.39 is 0 Å². The van der Waals surface area contributed by atoms with E-state index in [1.807, 2.05) is 18.0 Å². The number of amides is 1. The van der Waals surface area contributed by atoms with Gasteiger partial charge in [0.25, 0.3) is 0 Å². The zero-order valence-electron chi connectivity index (χ0n) is 14.3. The molecule has 25 heavy (non-hydrogen) atoms. The summed E-state index contributed by atoms with van der Waals surface area (Å²) in [7, 11) is 3.64. The summed E-state index contributed by atoms with van der Waals surface area (Å²) in [6.07, 6.45) is 6.57. The Bertz CT molecular complexity index is 869. The third-order valence-corrected chi connectivity index (χ3v) is 3.57. The van der Waals surface area contributed by atoms with E-state index in [9.17, 15) is 4.79 Å². The van der Waals surface area contributed by atoms with Crippen molar-refractivity contribution < 1.29 is 4.79 Å². The molecule has 1 N–H and O–H groups in total. The zero-order chi connectivity index (χ0) is 17.8. The van der Waals surface area contributed by atoms with Crippen LogP contribution in [0, 0.1) is 0 Å². The van der Waals surface area contributed by atoms with E-state index in [0.29, 0.717) is 11.6 Å². The number of nitrogens with one attached hydrogen (secondary N) is 1. The summed E-state index contributed by atoms with van der Waals surface area (Å²) in [4.78, 5) is 24.2. The lowest BCUT2D eigenvalue weighted by molar-refractivity contribution is -0.116. The molecule has 0 saturated carbocycles. The third kappa shape index (κ3) is 3.97. The van der Waals surface area contributed by atoms with Crippen molar-refractivity contribution in [2.75, 3.05) is 23.8 Å². The topological polar surface area (TPSA) is 107 Å². The van der Waals surface area contributed by atoms with E-state index in [2.05, 4.69) is 37.5 Å². The maximum absolute atomic E-state index is 12.0. The Labute approximate surface area is 144 Å². The van der Waals surface area contributed by atoms with Gasteiger partial charge in [0.2, 0.25) is 5.91 Å². The van der Waals surface area contributed by atoms with E-state index in [4.69, 9.17) is 0 Å². The molecule has 10 heteroatoms. The summed E-state index contributed by atoms with van der Waals surface area (Å²) in [6.45, 7) is 2.96. The number of nitrogens with zero attached hydrogens (tertiary/aromatic N) is 8. The van der Waals surface area contributed by atoms with Gasteiger partial charge in [-0.3, -0.25) is 9.48 Å². The molecule has 0 saturated heterocycles. The summed E-state index contributed by atoms with van der Waals surface area (Å²) >= 11 is 0. The first-order chi connectivity index (χ1) is 12.0. The lowest BCUT2D eigenvalue weighted by Gasteiger charge is -2.15. The Morgan fingerprint density at radius 2 is 2.16 bits per heavy atom. The van der Waals surface area contributed by atoms with Crippen LogP contribution in [0.25, 0.3) is 11.4 Å².